The summed E-state index contributed by atoms with van der Waals surface area (Å²) in [6.07, 6.45) is 3.66. The predicted octanol–water partition coefficient (Wildman–Crippen LogP) is 4.73. The molecule has 0 radical (unpaired) electrons. The number of rotatable bonds is 5. The highest BCUT2D eigenvalue weighted by Gasteiger charge is 2.10. The van der Waals surface area contributed by atoms with Gasteiger partial charge in [-0.1, -0.05) is 0 Å². The molecule has 0 fully saturated rings. The number of aromatic nitrogens is 4. The van der Waals surface area contributed by atoms with E-state index in [1.54, 1.807) is 6.20 Å². The number of carbonyl (C=O) groups excluding carboxylic acids is 1. The third-order valence-electron chi connectivity index (χ3n) is 5.30. The van der Waals surface area contributed by atoms with Gasteiger partial charge in [0.15, 0.2) is 0 Å². The van der Waals surface area contributed by atoms with Crippen LogP contribution in [0.2, 0.25) is 0 Å². The van der Waals surface area contributed by atoms with Crippen molar-refractivity contribution in [3.63, 3.8) is 0 Å². The number of nitrogens with one attached hydrogen (secondary N) is 2. The van der Waals surface area contributed by atoms with Gasteiger partial charge in [-0.05, 0) is 72.8 Å². The Bertz CT molecular complexity index is 1370. The Labute approximate surface area is 185 Å². The fourth-order valence-corrected chi connectivity index (χ4v) is 3.53. The summed E-state index contributed by atoms with van der Waals surface area (Å²) in [5, 5.41) is 7.21. The van der Waals surface area contributed by atoms with Crippen LogP contribution >= 0.6 is 0 Å². The Balaban J connectivity index is 1.35. The summed E-state index contributed by atoms with van der Waals surface area (Å²) >= 11 is 0. The molecule has 5 aromatic rings. The van der Waals surface area contributed by atoms with Gasteiger partial charge in [-0.15, -0.1) is 0 Å². The molecule has 0 saturated heterocycles. The Morgan fingerprint density at radius 1 is 1.00 bits per heavy atom. The number of benzene rings is 3. The van der Waals surface area contributed by atoms with Crippen LogP contribution in [0.15, 0.2) is 85.2 Å². The molecule has 0 unspecified atom stereocenters. The molecule has 2 aromatic heterocycles. The van der Waals surface area contributed by atoms with Crippen molar-refractivity contribution in [1.82, 2.24) is 19.7 Å². The van der Waals surface area contributed by atoms with Gasteiger partial charge in [-0.2, -0.15) is 5.10 Å². The third kappa shape index (κ3) is 3.83. The fourth-order valence-electron chi connectivity index (χ4n) is 3.53. The van der Waals surface area contributed by atoms with Gasteiger partial charge in [0.25, 0.3) is 5.91 Å². The number of anilines is 2. The van der Waals surface area contributed by atoms with E-state index in [1.807, 2.05) is 103 Å². The summed E-state index contributed by atoms with van der Waals surface area (Å²) < 4.78 is 1.81. The van der Waals surface area contributed by atoms with E-state index in [4.69, 9.17) is 0 Å². The lowest BCUT2D eigenvalue weighted by molar-refractivity contribution is 0.102. The van der Waals surface area contributed by atoms with Gasteiger partial charge in [-0.3, -0.25) is 4.79 Å². The first-order valence-corrected chi connectivity index (χ1v) is 10.3. The normalized spacial score (nSPS) is 10.9. The summed E-state index contributed by atoms with van der Waals surface area (Å²) in [6, 6.07) is 23.1. The largest absolute Gasteiger partial charge is 0.378 e. The molecule has 0 bridgehead atoms. The van der Waals surface area contributed by atoms with Crippen molar-refractivity contribution in [2.75, 3.05) is 24.3 Å². The Morgan fingerprint density at radius 3 is 2.47 bits per heavy atom. The van der Waals surface area contributed by atoms with Crippen LogP contribution in [-0.4, -0.2) is 39.8 Å². The average molecular weight is 422 g/mol. The topological polar surface area (TPSA) is 78.8 Å². The zero-order chi connectivity index (χ0) is 22.1. The van der Waals surface area contributed by atoms with Crippen molar-refractivity contribution in [3.8, 4) is 17.1 Å². The Hall–Kier alpha value is -4.39. The van der Waals surface area contributed by atoms with Crippen LogP contribution in [0.5, 0.6) is 0 Å². The lowest BCUT2D eigenvalue weighted by Gasteiger charge is -2.12. The number of hydrogen-bond donors (Lipinski definition) is 2. The second kappa shape index (κ2) is 8.03. The number of imidazole rings is 1. The highest BCUT2D eigenvalue weighted by Crippen LogP contribution is 2.24. The summed E-state index contributed by atoms with van der Waals surface area (Å²) in [5.74, 6) is 0.623. The van der Waals surface area contributed by atoms with E-state index in [0.29, 0.717) is 11.3 Å². The van der Waals surface area contributed by atoms with E-state index in [9.17, 15) is 4.79 Å². The van der Waals surface area contributed by atoms with Gasteiger partial charge < -0.3 is 15.2 Å². The smallest absolute Gasteiger partial charge is 0.255 e. The molecule has 0 aliphatic carbocycles. The van der Waals surface area contributed by atoms with Gasteiger partial charge in [0.2, 0.25) is 0 Å². The summed E-state index contributed by atoms with van der Waals surface area (Å²) in [4.78, 5) is 22.7. The first-order valence-electron chi connectivity index (χ1n) is 10.3. The minimum Gasteiger partial charge on any atom is -0.378 e. The molecule has 0 aliphatic rings. The van der Waals surface area contributed by atoms with Crippen molar-refractivity contribution in [2.45, 2.75) is 0 Å². The molecular weight excluding hydrogens is 400 g/mol. The Kier molecular flexibility index (Phi) is 4.91. The number of carbonyl (C=O) groups is 1. The van der Waals surface area contributed by atoms with E-state index in [1.165, 1.54) is 0 Å². The number of fused-ring (bicyclic) bond motifs is 1. The minimum absolute atomic E-state index is 0.149. The number of hydrogen-bond acceptors (Lipinski definition) is 4. The predicted molar refractivity (Wildman–Crippen MR) is 127 cm³/mol. The van der Waals surface area contributed by atoms with Crippen LogP contribution < -0.4 is 10.2 Å². The first-order chi connectivity index (χ1) is 15.6. The minimum atomic E-state index is -0.149. The summed E-state index contributed by atoms with van der Waals surface area (Å²) in [7, 11) is 3.94. The van der Waals surface area contributed by atoms with E-state index >= 15 is 0 Å². The molecule has 2 N–H and O–H groups in total. The van der Waals surface area contributed by atoms with Crippen molar-refractivity contribution in [2.24, 2.45) is 0 Å². The number of H-pyrrole nitrogens is 1. The molecule has 32 heavy (non-hydrogen) atoms. The Morgan fingerprint density at radius 2 is 1.78 bits per heavy atom. The van der Waals surface area contributed by atoms with E-state index in [0.717, 1.165) is 33.8 Å². The van der Waals surface area contributed by atoms with Gasteiger partial charge in [-0.25, -0.2) is 9.67 Å². The second-order valence-electron chi connectivity index (χ2n) is 7.71. The molecule has 5 rings (SSSR count). The fraction of sp³-hybridized carbons (Fsp3) is 0.0800. The lowest BCUT2D eigenvalue weighted by Crippen LogP contribution is -2.13. The van der Waals surface area contributed by atoms with Crippen molar-refractivity contribution in [3.05, 3.63) is 90.8 Å². The summed E-state index contributed by atoms with van der Waals surface area (Å²) in [6.45, 7) is 0. The van der Waals surface area contributed by atoms with Gasteiger partial charge >= 0.3 is 0 Å². The van der Waals surface area contributed by atoms with Gasteiger partial charge in [0.1, 0.15) is 5.82 Å². The van der Waals surface area contributed by atoms with Gasteiger partial charge in [0, 0.05) is 49.0 Å². The van der Waals surface area contributed by atoms with Crippen LogP contribution in [-0.2, 0) is 0 Å². The van der Waals surface area contributed by atoms with Crippen LogP contribution in [0, 0.1) is 0 Å². The molecular formula is C25H22N6O. The maximum atomic E-state index is 12.6. The molecule has 7 nitrogen and oxygen atoms in total. The molecule has 2 heterocycles. The molecule has 7 heteroatoms. The van der Waals surface area contributed by atoms with Crippen LogP contribution in [0.4, 0.5) is 11.4 Å². The molecule has 0 spiro atoms. The molecule has 0 atom stereocenters. The highest BCUT2D eigenvalue weighted by atomic mass is 16.1. The summed E-state index contributed by atoms with van der Waals surface area (Å²) in [5.41, 5.74) is 6.02. The number of aromatic amines is 1. The zero-order valence-corrected chi connectivity index (χ0v) is 17.8. The molecule has 1 amide bonds. The van der Waals surface area contributed by atoms with Crippen molar-refractivity contribution >= 4 is 28.3 Å². The SMILES string of the molecule is CN(C)c1ccc(C(=O)Nc2ccc3nc(-c4ccc(-n5cccn5)cc4)[nH]c3c2)cc1. The molecule has 0 saturated carbocycles. The first kappa shape index (κ1) is 19.6. The van der Waals surface area contributed by atoms with Crippen molar-refractivity contribution in [1.29, 1.82) is 0 Å². The van der Waals surface area contributed by atoms with Gasteiger partial charge in [0.05, 0.1) is 16.7 Å². The highest BCUT2D eigenvalue weighted by molar-refractivity contribution is 6.05. The quantitative estimate of drug-likeness (QED) is 0.429. The molecule has 158 valence electrons. The van der Waals surface area contributed by atoms with E-state index in [-0.39, 0.29) is 5.91 Å². The zero-order valence-electron chi connectivity index (χ0n) is 17.8. The van der Waals surface area contributed by atoms with Crippen LogP contribution in [0.1, 0.15) is 10.4 Å². The van der Waals surface area contributed by atoms with Crippen LogP contribution in [0.3, 0.4) is 0 Å². The lowest BCUT2D eigenvalue weighted by atomic mass is 10.2. The standard InChI is InChI=1S/C25H22N6O/c1-30(2)20-9-6-18(7-10-20)25(32)27-19-8-13-22-23(16-19)29-24(28-22)17-4-11-21(12-5-17)31-15-3-14-26-31/h3-16H,1-2H3,(H,27,32)(H,28,29). The van der Waals surface area contributed by atoms with E-state index in [2.05, 4.69) is 20.4 Å². The van der Waals surface area contributed by atoms with E-state index < -0.39 is 0 Å². The maximum Gasteiger partial charge on any atom is 0.255 e. The average Bonchev–Trinajstić information content (AvgIpc) is 3.49. The molecule has 3 aromatic carbocycles. The van der Waals surface area contributed by atoms with Crippen molar-refractivity contribution < 1.29 is 4.79 Å². The number of nitrogens with zero attached hydrogens (tertiary/aromatic N) is 4. The van der Waals surface area contributed by atoms with Crippen LogP contribution in [0.25, 0.3) is 28.1 Å². The monoisotopic (exact) mass is 422 g/mol. The number of amides is 1. The second-order valence-corrected chi connectivity index (χ2v) is 7.71. The molecule has 0 aliphatic heterocycles. The maximum absolute atomic E-state index is 12.6. The third-order valence-corrected chi connectivity index (χ3v) is 5.30.